The normalized spacial score (nSPS) is 16.4. The van der Waals surface area contributed by atoms with E-state index in [0.717, 1.165) is 22.6 Å². The average molecular weight is 438 g/mol. The van der Waals surface area contributed by atoms with Crippen LogP contribution in [0.4, 0.5) is 5.69 Å². The molecule has 160 valence electrons. The quantitative estimate of drug-likeness (QED) is 0.728. The van der Waals surface area contributed by atoms with E-state index in [9.17, 15) is 9.59 Å². The highest BCUT2D eigenvalue weighted by molar-refractivity contribution is 6.30. The second kappa shape index (κ2) is 9.81. The van der Waals surface area contributed by atoms with Crippen LogP contribution in [0.3, 0.4) is 0 Å². The van der Waals surface area contributed by atoms with Crippen molar-refractivity contribution in [2.24, 2.45) is 0 Å². The number of benzene rings is 2. The third-order valence-electron chi connectivity index (χ3n) is 5.26. The lowest BCUT2D eigenvalue weighted by Crippen LogP contribution is -2.50. The monoisotopic (exact) mass is 437 g/mol. The SMILES string of the molecule is O=C(CN1CCN(C(=O)/C=C/C2=Cc3cc(Cl)ccc3OC2)CC1)Nc1ccccc1. The summed E-state index contributed by atoms with van der Waals surface area (Å²) in [6, 6.07) is 14.9. The summed E-state index contributed by atoms with van der Waals surface area (Å²) < 4.78 is 5.71. The van der Waals surface area contributed by atoms with Gasteiger partial charge in [0.2, 0.25) is 11.8 Å². The molecule has 0 spiro atoms. The number of anilines is 1. The summed E-state index contributed by atoms with van der Waals surface area (Å²) in [5.41, 5.74) is 2.62. The van der Waals surface area contributed by atoms with E-state index in [0.29, 0.717) is 44.4 Å². The molecular weight excluding hydrogens is 414 g/mol. The van der Waals surface area contributed by atoms with Gasteiger partial charge in [-0.2, -0.15) is 0 Å². The van der Waals surface area contributed by atoms with Gasteiger partial charge >= 0.3 is 0 Å². The molecule has 1 fully saturated rings. The van der Waals surface area contributed by atoms with Crippen LogP contribution in [-0.4, -0.2) is 60.9 Å². The molecule has 0 atom stereocenters. The lowest BCUT2D eigenvalue weighted by Gasteiger charge is -2.33. The molecule has 7 heteroatoms. The van der Waals surface area contributed by atoms with Crippen molar-refractivity contribution in [3.05, 3.63) is 76.8 Å². The molecular formula is C24H24ClN3O3. The van der Waals surface area contributed by atoms with Crippen LogP contribution in [-0.2, 0) is 9.59 Å². The first-order valence-electron chi connectivity index (χ1n) is 10.2. The summed E-state index contributed by atoms with van der Waals surface area (Å²) in [6.07, 6.45) is 5.37. The summed E-state index contributed by atoms with van der Waals surface area (Å²) in [7, 11) is 0. The Kier molecular flexibility index (Phi) is 6.70. The Morgan fingerprint density at radius 1 is 1.06 bits per heavy atom. The van der Waals surface area contributed by atoms with Gasteiger partial charge in [0.25, 0.3) is 0 Å². The first-order chi connectivity index (χ1) is 15.1. The summed E-state index contributed by atoms with van der Waals surface area (Å²) in [5.74, 6) is 0.710. The lowest BCUT2D eigenvalue weighted by molar-refractivity contribution is -0.128. The van der Waals surface area contributed by atoms with Crippen molar-refractivity contribution in [1.29, 1.82) is 0 Å². The number of piperazine rings is 1. The van der Waals surface area contributed by atoms with E-state index >= 15 is 0 Å². The Bertz CT molecular complexity index is 1010. The average Bonchev–Trinajstić information content (AvgIpc) is 2.78. The summed E-state index contributed by atoms with van der Waals surface area (Å²) in [4.78, 5) is 28.6. The Balaban J connectivity index is 1.25. The van der Waals surface area contributed by atoms with Crippen molar-refractivity contribution in [2.75, 3.05) is 44.6 Å². The number of nitrogens with one attached hydrogen (secondary N) is 1. The number of halogens is 1. The van der Waals surface area contributed by atoms with Crippen LogP contribution < -0.4 is 10.1 Å². The van der Waals surface area contributed by atoms with E-state index in [1.807, 2.05) is 48.5 Å². The van der Waals surface area contributed by atoms with Gasteiger partial charge < -0.3 is 15.0 Å². The van der Waals surface area contributed by atoms with Gasteiger partial charge in [-0.3, -0.25) is 14.5 Å². The molecule has 2 heterocycles. The van der Waals surface area contributed by atoms with Crippen molar-refractivity contribution >= 4 is 35.2 Å². The van der Waals surface area contributed by atoms with E-state index < -0.39 is 0 Å². The van der Waals surface area contributed by atoms with Gasteiger partial charge in [0.1, 0.15) is 12.4 Å². The van der Waals surface area contributed by atoms with Gasteiger partial charge in [-0.1, -0.05) is 35.9 Å². The second-order valence-corrected chi connectivity index (χ2v) is 7.98. The Hall–Kier alpha value is -3.09. The van der Waals surface area contributed by atoms with Gasteiger partial charge in [0, 0.05) is 48.5 Å². The number of rotatable bonds is 5. The highest BCUT2D eigenvalue weighted by atomic mass is 35.5. The largest absolute Gasteiger partial charge is 0.488 e. The molecule has 2 aromatic rings. The highest BCUT2D eigenvalue weighted by Gasteiger charge is 2.21. The molecule has 2 aromatic carbocycles. The maximum absolute atomic E-state index is 12.6. The standard InChI is InChI=1S/C24H24ClN3O3/c25-20-7-8-22-19(15-20)14-18(17-31-22)6-9-24(30)28-12-10-27(11-13-28)16-23(29)26-21-4-2-1-3-5-21/h1-9,14-15H,10-13,16-17H2,(H,26,29)/b9-6+. The zero-order valence-electron chi connectivity index (χ0n) is 17.1. The predicted octanol–water partition coefficient (Wildman–Crippen LogP) is 3.45. The summed E-state index contributed by atoms with van der Waals surface area (Å²) in [5, 5.41) is 3.54. The molecule has 1 N–H and O–H groups in total. The molecule has 2 aliphatic rings. The molecule has 0 aromatic heterocycles. The topological polar surface area (TPSA) is 61.9 Å². The number of hydrogen-bond acceptors (Lipinski definition) is 4. The fraction of sp³-hybridized carbons (Fsp3) is 0.250. The fourth-order valence-corrected chi connectivity index (χ4v) is 3.78. The van der Waals surface area contributed by atoms with Gasteiger partial charge in [-0.15, -0.1) is 0 Å². The number of carbonyl (C=O) groups is 2. The van der Waals surface area contributed by atoms with E-state index in [1.54, 1.807) is 23.1 Å². The first-order valence-corrected chi connectivity index (χ1v) is 10.6. The van der Waals surface area contributed by atoms with Crippen LogP contribution in [0.1, 0.15) is 5.56 Å². The number of carbonyl (C=O) groups excluding carboxylic acids is 2. The van der Waals surface area contributed by atoms with E-state index in [2.05, 4.69) is 10.2 Å². The highest BCUT2D eigenvalue weighted by Crippen LogP contribution is 2.29. The predicted molar refractivity (Wildman–Crippen MR) is 122 cm³/mol. The maximum Gasteiger partial charge on any atom is 0.246 e. The van der Waals surface area contributed by atoms with E-state index in [4.69, 9.17) is 16.3 Å². The molecule has 31 heavy (non-hydrogen) atoms. The van der Waals surface area contributed by atoms with Crippen LogP contribution in [0.25, 0.3) is 6.08 Å². The number of fused-ring (bicyclic) bond motifs is 1. The van der Waals surface area contributed by atoms with Crippen LogP contribution in [0.5, 0.6) is 5.75 Å². The summed E-state index contributed by atoms with van der Waals surface area (Å²) >= 11 is 6.04. The van der Waals surface area contributed by atoms with Crippen molar-refractivity contribution < 1.29 is 14.3 Å². The molecule has 6 nitrogen and oxygen atoms in total. The van der Waals surface area contributed by atoms with Crippen LogP contribution in [0.2, 0.25) is 5.02 Å². The Morgan fingerprint density at radius 3 is 2.61 bits per heavy atom. The number of ether oxygens (including phenoxy) is 1. The maximum atomic E-state index is 12.6. The van der Waals surface area contributed by atoms with E-state index in [-0.39, 0.29) is 11.8 Å². The van der Waals surface area contributed by atoms with Crippen LogP contribution in [0, 0.1) is 0 Å². The molecule has 0 bridgehead atoms. The molecule has 0 radical (unpaired) electrons. The lowest BCUT2D eigenvalue weighted by atomic mass is 10.1. The minimum absolute atomic E-state index is 0.0359. The van der Waals surface area contributed by atoms with Gasteiger partial charge in [0.05, 0.1) is 6.54 Å². The van der Waals surface area contributed by atoms with Crippen molar-refractivity contribution in [1.82, 2.24) is 9.80 Å². The molecule has 0 unspecified atom stereocenters. The molecule has 1 saturated heterocycles. The van der Waals surface area contributed by atoms with Crippen molar-refractivity contribution in [3.63, 3.8) is 0 Å². The molecule has 0 saturated carbocycles. The van der Waals surface area contributed by atoms with Crippen LogP contribution >= 0.6 is 11.6 Å². The smallest absolute Gasteiger partial charge is 0.246 e. The molecule has 2 amide bonds. The molecule has 2 aliphatic heterocycles. The minimum atomic E-state index is -0.0458. The zero-order valence-corrected chi connectivity index (χ0v) is 17.8. The Labute approximate surface area is 186 Å². The molecule has 0 aliphatic carbocycles. The van der Waals surface area contributed by atoms with Crippen molar-refractivity contribution in [3.8, 4) is 5.75 Å². The van der Waals surface area contributed by atoms with Gasteiger partial charge in [-0.25, -0.2) is 0 Å². The molecule has 4 rings (SSSR count). The van der Waals surface area contributed by atoms with E-state index in [1.165, 1.54) is 0 Å². The number of amides is 2. The number of nitrogens with zero attached hydrogens (tertiary/aromatic N) is 2. The third kappa shape index (κ3) is 5.75. The zero-order chi connectivity index (χ0) is 21.6. The third-order valence-corrected chi connectivity index (χ3v) is 5.49. The minimum Gasteiger partial charge on any atom is -0.488 e. The number of para-hydroxylation sites is 1. The summed E-state index contributed by atoms with van der Waals surface area (Å²) in [6.45, 7) is 3.26. The fourth-order valence-electron chi connectivity index (χ4n) is 3.60. The van der Waals surface area contributed by atoms with Gasteiger partial charge in [-0.05, 0) is 42.0 Å². The van der Waals surface area contributed by atoms with Crippen molar-refractivity contribution in [2.45, 2.75) is 0 Å². The van der Waals surface area contributed by atoms with Crippen LogP contribution in [0.15, 0.2) is 66.3 Å². The van der Waals surface area contributed by atoms with Gasteiger partial charge in [0.15, 0.2) is 0 Å². The Morgan fingerprint density at radius 2 is 1.84 bits per heavy atom. The first kappa shape index (κ1) is 21.2. The second-order valence-electron chi connectivity index (χ2n) is 7.54. The number of hydrogen-bond donors (Lipinski definition) is 1.